The number of pyridine rings is 1. The molecule has 1 aromatic rings. The summed E-state index contributed by atoms with van der Waals surface area (Å²) < 4.78 is 5.27. The summed E-state index contributed by atoms with van der Waals surface area (Å²) in [6.07, 6.45) is 4.68. The Labute approximate surface area is 116 Å². The third-order valence-electron chi connectivity index (χ3n) is 3.07. The number of amides is 1. The molecule has 1 atom stereocenters. The number of aliphatic carboxylic acids is 1. The molecule has 1 fully saturated rings. The first-order valence-corrected chi connectivity index (χ1v) is 6.26. The summed E-state index contributed by atoms with van der Waals surface area (Å²) in [4.78, 5) is 26.5. The molecule has 6 heteroatoms. The number of ether oxygens (including phenoxy) is 1. The Morgan fingerprint density at radius 3 is 2.85 bits per heavy atom. The van der Waals surface area contributed by atoms with E-state index in [0.717, 1.165) is 12.5 Å². The standard InChI is InChI=1S/C14H16N2O4/c1-14(6-7-20-9-14)16-13(19)11-4-2-10(8-15-11)3-5-12(17)18/h2-5,8H,6-7,9H2,1H3,(H,16,19)(H,17,18)/b5-3+. The molecule has 1 aliphatic rings. The average molecular weight is 276 g/mol. The monoisotopic (exact) mass is 276 g/mol. The highest BCUT2D eigenvalue weighted by molar-refractivity contribution is 5.93. The predicted octanol–water partition coefficient (Wildman–Crippen LogP) is 1.09. The number of rotatable bonds is 4. The third kappa shape index (κ3) is 3.64. The van der Waals surface area contributed by atoms with Crippen LogP contribution in [0.15, 0.2) is 24.4 Å². The number of carboxylic acid groups (broad SMARTS) is 1. The minimum Gasteiger partial charge on any atom is -0.478 e. The number of carboxylic acids is 1. The van der Waals surface area contributed by atoms with Crippen LogP contribution in [-0.2, 0) is 9.53 Å². The highest BCUT2D eigenvalue weighted by atomic mass is 16.5. The van der Waals surface area contributed by atoms with Gasteiger partial charge < -0.3 is 15.2 Å². The molecule has 1 saturated heterocycles. The van der Waals surface area contributed by atoms with Gasteiger partial charge in [-0.3, -0.25) is 9.78 Å². The van der Waals surface area contributed by atoms with Crippen LogP contribution in [0.25, 0.3) is 6.08 Å². The van der Waals surface area contributed by atoms with Gasteiger partial charge in [-0.15, -0.1) is 0 Å². The Bertz CT molecular complexity index is 531. The van der Waals surface area contributed by atoms with Crippen molar-refractivity contribution in [1.29, 1.82) is 0 Å². The summed E-state index contributed by atoms with van der Waals surface area (Å²) >= 11 is 0. The molecule has 1 unspecified atom stereocenters. The predicted molar refractivity (Wildman–Crippen MR) is 72.2 cm³/mol. The van der Waals surface area contributed by atoms with Crippen molar-refractivity contribution in [1.82, 2.24) is 10.3 Å². The molecule has 20 heavy (non-hydrogen) atoms. The first-order chi connectivity index (χ1) is 9.48. The van der Waals surface area contributed by atoms with Gasteiger partial charge in [0, 0.05) is 18.9 Å². The molecule has 6 nitrogen and oxygen atoms in total. The van der Waals surface area contributed by atoms with Crippen LogP contribution >= 0.6 is 0 Å². The number of hydrogen-bond acceptors (Lipinski definition) is 4. The minimum atomic E-state index is -1.03. The van der Waals surface area contributed by atoms with Gasteiger partial charge in [-0.25, -0.2) is 4.79 Å². The van der Waals surface area contributed by atoms with E-state index >= 15 is 0 Å². The largest absolute Gasteiger partial charge is 0.478 e. The summed E-state index contributed by atoms with van der Waals surface area (Å²) in [6, 6.07) is 3.21. The van der Waals surface area contributed by atoms with Crippen LogP contribution in [0.2, 0.25) is 0 Å². The summed E-state index contributed by atoms with van der Waals surface area (Å²) in [5.74, 6) is -1.28. The topological polar surface area (TPSA) is 88.5 Å². The Kier molecular flexibility index (Phi) is 4.14. The van der Waals surface area contributed by atoms with Crippen molar-refractivity contribution in [3.8, 4) is 0 Å². The molecule has 2 heterocycles. The molecular formula is C14H16N2O4. The number of carbonyl (C=O) groups excluding carboxylic acids is 1. The highest BCUT2D eigenvalue weighted by Gasteiger charge is 2.31. The van der Waals surface area contributed by atoms with Gasteiger partial charge in [0.25, 0.3) is 5.91 Å². The zero-order valence-corrected chi connectivity index (χ0v) is 11.1. The van der Waals surface area contributed by atoms with E-state index in [1.54, 1.807) is 12.1 Å². The molecule has 0 aromatic carbocycles. The lowest BCUT2D eigenvalue weighted by Crippen LogP contribution is -2.46. The lowest BCUT2D eigenvalue weighted by atomic mass is 10.0. The van der Waals surface area contributed by atoms with Crippen LogP contribution in [0.1, 0.15) is 29.4 Å². The smallest absolute Gasteiger partial charge is 0.328 e. The van der Waals surface area contributed by atoms with Crippen molar-refractivity contribution in [3.05, 3.63) is 35.7 Å². The van der Waals surface area contributed by atoms with Crippen molar-refractivity contribution >= 4 is 18.0 Å². The van der Waals surface area contributed by atoms with Crippen LogP contribution in [0.5, 0.6) is 0 Å². The second-order valence-corrected chi connectivity index (χ2v) is 4.97. The molecule has 0 aliphatic carbocycles. The van der Waals surface area contributed by atoms with Gasteiger partial charge in [-0.2, -0.15) is 0 Å². The quantitative estimate of drug-likeness (QED) is 0.804. The maximum Gasteiger partial charge on any atom is 0.328 e. The number of carbonyl (C=O) groups is 2. The van der Waals surface area contributed by atoms with E-state index in [1.165, 1.54) is 12.3 Å². The molecule has 0 spiro atoms. The van der Waals surface area contributed by atoms with Crippen LogP contribution < -0.4 is 5.32 Å². The Hall–Kier alpha value is -2.21. The number of nitrogens with zero attached hydrogens (tertiary/aromatic N) is 1. The zero-order chi connectivity index (χ0) is 14.6. The van der Waals surface area contributed by atoms with E-state index in [9.17, 15) is 9.59 Å². The van der Waals surface area contributed by atoms with Gasteiger partial charge in [0.15, 0.2) is 0 Å². The molecule has 106 valence electrons. The van der Waals surface area contributed by atoms with Crippen molar-refractivity contribution in [3.63, 3.8) is 0 Å². The van der Waals surface area contributed by atoms with Crippen LogP contribution in [0.3, 0.4) is 0 Å². The van der Waals surface area contributed by atoms with E-state index < -0.39 is 5.97 Å². The zero-order valence-electron chi connectivity index (χ0n) is 11.1. The van der Waals surface area contributed by atoms with Gasteiger partial charge in [-0.05, 0) is 31.1 Å². The lowest BCUT2D eigenvalue weighted by molar-refractivity contribution is -0.131. The number of nitrogens with one attached hydrogen (secondary N) is 1. The molecule has 1 aromatic heterocycles. The SMILES string of the molecule is CC1(NC(=O)c2ccc(/C=C/C(=O)O)cn2)CCOC1. The molecular weight excluding hydrogens is 260 g/mol. The molecule has 1 aliphatic heterocycles. The van der Waals surface area contributed by atoms with E-state index in [1.807, 2.05) is 6.92 Å². The fraction of sp³-hybridized carbons (Fsp3) is 0.357. The van der Waals surface area contributed by atoms with Gasteiger partial charge in [0.05, 0.1) is 12.1 Å². The molecule has 0 bridgehead atoms. The fourth-order valence-electron chi connectivity index (χ4n) is 1.91. The van der Waals surface area contributed by atoms with Crippen LogP contribution in [0.4, 0.5) is 0 Å². The second kappa shape index (κ2) is 5.83. The molecule has 2 N–H and O–H groups in total. The third-order valence-corrected chi connectivity index (χ3v) is 3.07. The van der Waals surface area contributed by atoms with Crippen LogP contribution in [0, 0.1) is 0 Å². The minimum absolute atomic E-state index is 0.258. The summed E-state index contributed by atoms with van der Waals surface area (Å²) in [7, 11) is 0. The Morgan fingerprint density at radius 1 is 1.50 bits per heavy atom. The fourth-order valence-corrected chi connectivity index (χ4v) is 1.91. The lowest BCUT2D eigenvalue weighted by Gasteiger charge is -2.23. The second-order valence-electron chi connectivity index (χ2n) is 4.97. The van der Waals surface area contributed by atoms with Gasteiger partial charge in [-0.1, -0.05) is 6.07 Å². The van der Waals surface area contributed by atoms with E-state index in [0.29, 0.717) is 24.5 Å². The average Bonchev–Trinajstić information content (AvgIpc) is 2.83. The molecule has 0 radical (unpaired) electrons. The van der Waals surface area contributed by atoms with Crippen molar-refractivity contribution in [2.24, 2.45) is 0 Å². The number of hydrogen-bond donors (Lipinski definition) is 2. The van der Waals surface area contributed by atoms with Gasteiger partial charge in [0.1, 0.15) is 5.69 Å². The number of aromatic nitrogens is 1. The normalized spacial score (nSPS) is 22.1. The summed E-state index contributed by atoms with van der Waals surface area (Å²) in [5, 5.41) is 11.4. The summed E-state index contributed by atoms with van der Waals surface area (Å²) in [6.45, 7) is 3.07. The van der Waals surface area contributed by atoms with Crippen molar-refractivity contribution in [2.75, 3.05) is 13.2 Å². The molecule has 2 rings (SSSR count). The van der Waals surface area contributed by atoms with Gasteiger partial charge in [0.2, 0.25) is 0 Å². The van der Waals surface area contributed by atoms with E-state index in [4.69, 9.17) is 9.84 Å². The van der Waals surface area contributed by atoms with E-state index in [-0.39, 0.29) is 11.4 Å². The molecule has 0 saturated carbocycles. The van der Waals surface area contributed by atoms with Gasteiger partial charge >= 0.3 is 5.97 Å². The first-order valence-electron chi connectivity index (χ1n) is 6.26. The van der Waals surface area contributed by atoms with Crippen molar-refractivity contribution < 1.29 is 19.4 Å². The van der Waals surface area contributed by atoms with Crippen molar-refractivity contribution in [2.45, 2.75) is 18.9 Å². The molecule has 1 amide bonds. The van der Waals surface area contributed by atoms with E-state index in [2.05, 4.69) is 10.3 Å². The summed E-state index contributed by atoms with van der Waals surface area (Å²) in [5.41, 5.74) is 0.575. The highest BCUT2D eigenvalue weighted by Crippen LogP contribution is 2.18. The van der Waals surface area contributed by atoms with Crippen LogP contribution in [-0.4, -0.2) is 40.7 Å². The Morgan fingerprint density at radius 2 is 2.30 bits per heavy atom. The Balaban J connectivity index is 2.02. The maximum absolute atomic E-state index is 12.0. The maximum atomic E-state index is 12.0. The first kappa shape index (κ1) is 14.2.